The monoisotopic (exact) mass is 309 g/mol. The van der Waals surface area contributed by atoms with E-state index in [9.17, 15) is 14.9 Å². The minimum absolute atomic E-state index is 0.139. The Bertz CT molecular complexity index is 698. The van der Waals surface area contributed by atoms with Crippen LogP contribution in [0.25, 0.3) is 0 Å². The van der Waals surface area contributed by atoms with Crippen molar-refractivity contribution in [3.8, 4) is 0 Å². The number of nitrogens with zero attached hydrogens (tertiary/aromatic N) is 4. The maximum Gasteiger partial charge on any atom is 0.319 e. The number of anilines is 1. The number of aromatic nitrogens is 3. The molecule has 0 bridgehead atoms. The predicted molar refractivity (Wildman–Crippen MR) is 76.5 cm³/mol. The van der Waals surface area contributed by atoms with Crippen LogP contribution in [-0.2, 0) is 0 Å². The van der Waals surface area contributed by atoms with Crippen LogP contribution in [0.3, 0.4) is 0 Å². The summed E-state index contributed by atoms with van der Waals surface area (Å²) in [6.07, 6.45) is 4.34. The Balaban J connectivity index is 2.28. The summed E-state index contributed by atoms with van der Waals surface area (Å²) in [5.41, 5.74) is -0.235. The molecule has 0 unspecified atom stereocenters. The highest BCUT2D eigenvalue weighted by Gasteiger charge is 2.25. The molecule has 0 atom stereocenters. The highest BCUT2D eigenvalue weighted by Crippen LogP contribution is 2.26. The van der Waals surface area contributed by atoms with Crippen LogP contribution >= 0.6 is 11.6 Å². The maximum atomic E-state index is 12.1. The number of carbonyl (C=O) groups is 1. The van der Waals surface area contributed by atoms with E-state index in [-0.39, 0.29) is 16.8 Å². The maximum absolute atomic E-state index is 12.1. The molecule has 0 saturated heterocycles. The summed E-state index contributed by atoms with van der Waals surface area (Å²) in [5.74, 6) is -0.644. The van der Waals surface area contributed by atoms with E-state index in [2.05, 4.69) is 15.4 Å². The first kappa shape index (κ1) is 14.9. The molecule has 2 aromatic heterocycles. The van der Waals surface area contributed by atoms with Crippen molar-refractivity contribution < 1.29 is 9.72 Å². The van der Waals surface area contributed by atoms with Gasteiger partial charge in [-0.3, -0.25) is 19.6 Å². The van der Waals surface area contributed by atoms with E-state index in [1.54, 1.807) is 10.9 Å². The molecule has 21 heavy (non-hydrogen) atoms. The van der Waals surface area contributed by atoms with Crippen LogP contribution < -0.4 is 5.32 Å². The molecule has 2 aromatic rings. The molecule has 2 heterocycles. The first-order valence-electron chi connectivity index (χ1n) is 6.04. The van der Waals surface area contributed by atoms with Crippen molar-refractivity contribution in [3.63, 3.8) is 0 Å². The molecule has 0 fully saturated rings. The molecule has 9 heteroatoms. The second-order valence-corrected chi connectivity index (χ2v) is 4.87. The summed E-state index contributed by atoms with van der Waals surface area (Å²) in [5, 5.41) is 17.3. The molecule has 1 amide bonds. The van der Waals surface area contributed by atoms with Gasteiger partial charge in [-0.1, -0.05) is 11.6 Å². The van der Waals surface area contributed by atoms with Crippen molar-refractivity contribution in [2.24, 2.45) is 0 Å². The van der Waals surface area contributed by atoms with Gasteiger partial charge in [-0.05, 0) is 19.9 Å². The SMILES string of the molecule is CC(C)n1cc(NC(=O)c2ccnc(Cl)c2[N+](=O)[O-])cn1. The molecule has 1 N–H and O–H groups in total. The zero-order chi connectivity index (χ0) is 15.6. The molecule has 0 aromatic carbocycles. The minimum Gasteiger partial charge on any atom is -0.319 e. The summed E-state index contributed by atoms with van der Waals surface area (Å²) in [7, 11) is 0. The Labute approximate surface area is 124 Å². The summed E-state index contributed by atoms with van der Waals surface area (Å²) in [6.45, 7) is 3.87. The molecular weight excluding hydrogens is 298 g/mol. The number of carbonyl (C=O) groups excluding carboxylic acids is 1. The molecule has 2 rings (SSSR count). The Hall–Kier alpha value is -2.48. The van der Waals surface area contributed by atoms with Crippen LogP contribution in [0.5, 0.6) is 0 Å². The highest BCUT2D eigenvalue weighted by atomic mass is 35.5. The second kappa shape index (κ2) is 5.88. The van der Waals surface area contributed by atoms with E-state index in [1.807, 2.05) is 13.8 Å². The largest absolute Gasteiger partial charge is 0.319 e. The van der Waals surface area contributed by atoms with Crippen molar-refractivity contribution in [2.75, 3.05) is 5.32 Å². The fourth-order valence-electron chi connectivity index (χ4n) is 1.67. The van der Waals surface area contributed by atoms with E-state index >= 15 is 0 Å². The topological polar surface area (TPSA) is 103 Å². The number of hydrogen-bond donors (Lipinski definition) is 1. The third-order valence-corrected chi connectivity index (χ3v) is 2.97. The lowest BCUT2D eigenvalue weighted by molar-refractivity contribution is -0.385. The number of amides is 1. The summed E-state index contributed by atoms with van der Waals surface area (Å²) in [4.78, 5) is 26.0. The van der Waals surface area contributed by atoms with E-state index in [1.165, 1.54) is 18.5 Å². The van der Waals surface area contributed by atoms with Gasteiger partial charge in [0.1, 0.15) is 5.56 Å². The normalized spacial score (nSPS) is 10.7. The third kappa shape index (κ3) is 3.16. The standard InChI is InChI=1S/C12H12ClN5O3/c1-7(2)17-6-8(5-15-17)16-12(19)9-3-4-14-11(13)10(9)18(20)21/h3-7H,1-2H3,(H,16,19). The van der Waals surface area contributed by atoms with Gasteiger partial charge < -0.3 is 5.32 Å². The van der Waals surface area contributed by atoms with Gasteiger partial charge in [0.05, 0.1) is 16.8 Å². The summed E-state index contributed by atoms with van der Waals surface area (Å²) in [6, 6.07) is 1.38. The van der Waals surface area contributed by atoms with Crippen molar-refractivity contribution in [1.29, 1.82) is 0 Å². The molecule has 8 nitrogen and oxygen atoms in total. The number of rotatable bonds is 4. The number of pyridine rings is 1. The van der Waals surface area contributed by atoms with Gasteiger partial charge in [0.15, 0.2) is 0 Å². The smallest absolute Gasteiger partial charge is 0.319 e. The number of nitrogens with one attached hydrogen (secondary N) is 1. The van der Waals surface area contributed by atoms with Crippen molar-refractivity contribution in [3.05, 3.63) is 45.5 Å². The van der Waals surface area contributed by atoms with E-state index in [4.69, 9.17) is 11.6 Å². The van der Waals surface area contributed by atoms with Gasteiger partial charge in [-0.25, -0.2) is 4.98 Å². The number of nitro groups is 1. The summed E-state index contributed by atoms with van der Waals surface area (Å²) >= 11 is 5.67. The van der Waals surface area contributed by atoms with Gasteiger partial charge in [0.2, 0.25) is 5.15 Å². The van der Waals surface area contributed by atoms with Gasteiger partial charge in [-0.15, -0.1) is 0 Å². The molecular formula is C12H12ClN5O3. The van der Waals surface area contributed by atoms with Gasteiger partial charge >= 0.3 is 5.69 Å². The highest BCUT2D eigenvalue weighted by molar-refractivity contribution is 6.32. The lowest BCUT2D eigenvalue weighted by atomic mass is 10.2. The molecule has 0 aliphatic rings. The zero-order valence-electron chi connectivity index (χ0n) is 11.3. The molecule has 0 aliphatic carbocycles. The molecule has 110 valence electrons. The lowest BCUT2D eigenvalue weighted by Crippen LogP contribution is -2.14. The number of halogens is 1. The summed E-state index contributed by atoms with van der Waals surface area (Å²) < 4.78 is 1.66. The third-order valence-electron chi connectivity index (χ3n) is 2.70. The van der Waals surface area contributed by atoms with Crippen LogP contribution in [0.4, 0.5) is 11.4 Å². The van der Waals surface area contributed by atoms with Crippen LogP contribution in [0.2, 0.25) is 5.15 Å². The fraction of sp³-hybridized carbons (Fsp3) is 0.250. The van der Waals surface area contributed by atoms with Crippen LogP contribution in [0.15, 0.2) is 24.7 Å². The minimum atomic E-state index is -0.734. The average Bonchev–Trinajstić information content (AvgIpc) is 2.86. The predicted octanol–water partition coefficient (Wildman–Crippen LogP) is 2.67. The second-order valence-electron chi connectivity index (χ2n) is 4.51. The number of hydrogen-bond acceptors (Lipinski definition) is 5. The van der Waals surface area contributed by atoms with Crippen molar-refractivity contribution >= 4 is 28.9 Å². The van der Waals surface area contributed by atoms with Crippen LogP contribution in [0, 0.1) is 10.1 Å². The molecule has 0 spiro atoms. The lowest BCUT2D eigenvalue weighted by Gasteiger charge is -2.05. The zero-order valence-corrected chi connectivity index (χ0v) is 12.0. The molecule has 0 aliphatic heterocycles. The average molecular weight is 310 g/mol. The fourth-order valence-corrected chi connectivity index (χ4v) is 1.90. The Morgan fingerprint density at radius 1 is 1.52 bits per heavy atom. The Morgan fingerprint density at radius 2 is 2.24 bits per heavy atom. The van der Waals surface area contributed by atoms with Crippen molar-refractivity contribution in [2.45, 2.75) is 19.9 Å². The Kier molecular flexibility index (Phi) is 4.18. The van der Waals surface area contributed by atoms with Crippen LogP contribution in [0.1, 0.15) is 30.2 Å². The first-order valence-corrected chi connectivity index (χ1v) is 6.42. The first-order chi connectivity index (χ1) is 9.90. The van der Waals surface area contributed by atoms with Gasteiger partial charge in [-0.2, -0.15) is 5.10 Å². The van der Waals surface area contributed by atoms with Crippen LogP contribution in [-0.4, -0.2) is 25.6 Å². The van der Waals surface area contributed by atoms with Gasteiger partial charge in [0, 0.05) is 18.4 Å². The molecule has 0 saturated carbocycles. The Morgan fingerprint density at radius 3 is 2.81 bits per heavy atom. The molecule has 0 radical (unpaired) electrons. The van der Waals surface area contributed by atoms with Gasteiger partial charge in [0.25, 0.3) is 5.91 Å². The van der Waals surface area contributed by atoms with E-state index < -0.39 is 16.5 Å². The quantitative estimate of drug-likeness (QED) is 0.531. The van der Waals surface area contributed by atoms with Crippen molar-refractivity contribution in [1.82, 2.24) is 14.8 Å². The van der Waals surface area contributed by atoms with E-state index in [0.717, 1.165) is 0 Å². The van der Waals surface area contributed by atoms with E-state index in [0.29, 0.717) is 5.69 Å².